The molecule has 0 fully saturated rings. The van der Waals surface area contributed by atoms with Crippen molar-refractivity contribution >= 4 is 29.2 Å². The first-order chi connectivity index (χ1) is 15.8. The largest absolute Gasteiger partial charge is 0.457 e. The van der Waals surface area contributed by atoms with Crippen molar-refractivity contribution in [2.75, 3.05) is 0 Å². The first-order valence-electron chi connectivity index (χ1n) is 11.9. The minimum Gasteiger partial charge on any atom is -0.457 e. The normalized spacial score (nSPS) is 32.6. The number of ketones is 1. The third kappa shape index (κ3) is 7.45. The molecule has 1 unspecified atom stereocenters. The Labute approximate surface area is 207 Å². The number of ether oxygens (including phenoxy) is 1. The SMILES string of the molecule is C/C1=C/C[C@@H](/C(C)=C/c2csc(C)n2)OC(=O)C[C@H](O)C(C)(C)C(=O)[C@H](C)[C@@H](O)C(C)/C=C/C1. The summed E-state index contributed by atoms with van der Waals surface area (Å²) in [5, 5.41) is 24.4. The predicted molar refractivity (Wildman–Crippen MR) is 136 cm³/mol. The summed E-state index contributed by atoms with van der Waals surface area (Å²) in [5.41, 5.74) is 1.57. The Balaban J connectivity index is 2.37. The Morgan fingerprint density at radius 3 is 2.53 bits per heavy atom. The summed E-state index contributed by atoms with van der Waals surface area (Å²) in [6, 6.07) is 0. The average molecular weight is 490 g/mol. The van der Waals surface area contributed by atoms with E-state index in [1.165, 1.54) is 0 Å². The number of cyclic esters (lactones) is 1. The molecule has 0 aromatic carbocycles. The molecule has 2 rings (SSSR count). The van der Waals surface area contributed by atoms with Gasteiger partial charge >= 0.3 is 5.97 Å². The van der Waals surface area contributed by atoms with E-state index in [4.69, 9.17) is 4.74 Å². The van der Waals surface area contributed by atoms with E-state index < -0.39 is 35.6 Å². The molecule has 7 heteroatoms. The second-order valence-corrected chi connectivity index (χ2v) is 11.1. The van der Waals surface area contributed by atoms with Gasteiger partial charge in [0, 0.05) is 23.6 Å². The van der Waals surface area contributed by atoms with Crippen molar-refractivity contribution in [1.29, 1.82) is 0 Å². The molecule has 34 heavy (non-hydrogen) atoms. The number of carbonyl (C=O) groups is 2. The van der Waals surface area contributed by atoms with Gasteiger partial charge in [-0.1, -0.05) is 51.5 Å². The van der Waals surface area contributed by atoms with E-state index in [1.54, 1.807) is 32.1 Å². The van der Waals surface area contributed by atoms with Gasteiger partial charge in [0.05, 0.1) is 34.7 Å². The van der Waals surface area contributed by atoms with E-state index >= 15 is 0 Å². The van der Waals surface area contributed by atoms with E-state index in [0.717, 1.165) is 21.8 Å². The molecule has 0 amide bonds. The number of nitrogens with zero attached hydrogens (tertiary/aromatic N) is 1. The smallest absolute Gasteiger partial charge is 0.309 e. The Bertz CT molecular complexity index is 958. The molecular formula is C27H39NO5S. The van der Waals surface area contributed by atoms with E-state index in [2.05, 4.69) is 4.98 Å². The van der Waals surface area contributed by atoms with Crippen LogP contribution in [-0.2, 0) is 14.3 Å². The van der Waals surface area contributed by atoms with Crippen molar-refractivity contribution in [1.82, 2.24) is 4.98 Å². The third-order valence-electron chi connectivity index (χ3n) is 6.65. The molecule has 188 valence electrons. The Kier molecular flexibility index (Phi) is 9.97. The van der Waals surface area contributed by atoms with Crippen LogP contribution in [-0.4, -0.2) is 45.3 Å². The summed E-state index contributed by atoms with van der Waals surface area (Å²) >= 11 is 1.56. The van der Waals surface area contributed by atoms with Crippen LogP contribution in [0.5, 0.6) is 0 Å². The number of carbonyl (C=O) groups excluding carboxylic acids is 2. The van der Waals surface area contributed by atoms with Gasteiger partial charge in [-0.05, 0) is 38.8 Å². The van der Waals surface area contributed by atoms with Gasteiger partial charge in [0.2, 0.25) is 0 Å². The average Bonchev–Trinajstić information content (AvgIpc) is 3.18. The Morgan fingerprint density at radius 2 is 1.91 bits per heavy atom. The number of aliphatic hydroxyl groups excluding tert-OH is 2. The lowest BCUT2D eigenvalue weighted by Crippen LogP contribution is -2.45. The fraction of sp³-hybridized carbons (Fsp3) is 0.593. The van der Waals surface area contributed by atoms with E-state index in [-0.39, 0.29) is 18.1 Å². The number of esters is 1. The van der Waals surface area contributed by atoms with Crippen LogP contribution in [0.4, 0.5) is 0 Å². The minimum absolute atomic E-state index is 0.225. The lowest BCUT2D eigenvalue weighted by Gasteiger charge is -2.34. The number of Topliss-reactive ketones (excluding diaryl/α,β-unsaturated/α-hetero) is 1. The Hall–Kier alpha value is -2.09. The highest BCUT2D eigenvalue weighted by molar-refractivity contribution is 7.09. The number of hydrogen-bond acceptors (Lipinski definition) is 7. The molecule has 1 aromatic heterocycles. The molecule has 0 radical (unpaired) electrons. The van der Waals surface area contributed by atoms with E-state index in [9.17, 15) is 19.8 Å². The molecule has 0 saturated heterocycles. The number of aryl methyl sites for hydroxylation is 1. The standard InChI is InChI=1S/C27H39NO5S/c1-16-9-8-10-17(2)25(31)19(4)26(32)27(6,7)23(29)14-24(30)33-22(12-11-16)18(3)13-21-15-34-20(5)28-21/h8,10-11,13,15,17,19,22-23,25,29,31H,9,12,14H2,1-7H3/b10-8+,16-11-,18-13+/t17?,19-,22+,23+,25+/m1/s1. The van der Waals surface area contributed by atoms with Crippen LogP contribution in [0, 0.1) is 24.2 Å². The fourth-order valence-electron chi connectivity index (χ4n) is 4.05. The van der Waals surface area contributed by atoms with Gasteiger partial charge in [-0.25, -0.2) is 4.98 Å². The molecular weight excluding hydrogens is 450 g/mol. The Morgan fingerprint density at radius 1 is 1.24 bits per heavy atom. The van der Waals surface area contributed by atoms with Crippen LogP contribution in [0.1, 0.15) is 71.5 Å². The van der Waals surface area contributed by atoms with Gasteiger partial charge in [0.15, 0.2) is 0 Å². The summed E-state index contributed by atoms with van der Waals surface area (Å²) in [7, 11) is 0. The molecule has 2 heterocycles. The summed E-state index contributed by atoms with van der Waals surface area (Å²) in [4.78, 5) is 30.4. The number of aromatic nitrogens is 1. The van der Waals surface area contributed by atoms with Gasteiger partial charge in [-0.3, -0.25) is 9.59 Å². The van der Waals surface area contributed by atoms with Gasteiger partial charge in [0.1, 0.15) is 11.9 Å². The quantitative estimate of drug-likeness (QED) is 0.446. The lowest BCUT2D eigenvalue weighted by atomic mass is 9.73. The maximum absolute atomic E-state index is 13.1. The van der Waals surface area contributed by atoms with Crippen LogP contribution < -0.4 is 0 Å². The zero-order chi connectivity index (χ0) is 25.6. The van der Waals surface area contributed by atoms with Gasteiger partial charge < -0.3 is 14.9 Å². The minimum atomic E-state index is -1.23. The van der Waals surface area contributed by atoms with Crippen molar-refractivity contribution in [3.05, 3.63) is 45.5 Å². The van der Waals surface area contributed by atoms with Crippen LogP contribution in [0.3, 0.4) is 0 Å². The maximum atomic E-state index is 13.1. The number of rotatable bonds is 2. The highest BCUT2D eigenvalue weighted by Gasteiger charge is 2.42. The monoisotopic (exact) mass is 489 g/mol. The summed E-state index contributed by atoms with van der Waals surface area (Å²) in [5.74, 6) is -1.77. The molecule has 6 nitrogen and oxygen atoms in total. The predicted octanol–water partition coefficient (Wildman–Crippen LogP) is 5.04. The third-order valence-corrected chi connectivity index (χ3v) is 7.44. The number of allylic oxidation sites excluding steroid dienone is 2. The zero-order valence-electron chi connectivity index (χ0n) is 21.4. The van der Waals surface area contributed by atoms with Gasteiger partial charge in [0.25, 0.3) is 0 Å². The topological polar surface area (TPSA) is 96.7 Å². The number of hydrogen-bond donors (Lipinski definition) is 2. The highest BCUT2D eigenvalue weighted by atomic mass is 32.1. The molecule has 0 bridgehead atoms. The molecule has 1 aliphatic rings. The van der Waals surface area contributed by atoms with Crippen LogP contribution in [0.15, 0.2) is 34.8 Å². The maximum Gasteiger partial charge on any atom is 0.309 e. The summed E-state index contributed by atoms with van der Waals surface area (Å²) in [6.07, 6.45) is 6.13. The van der Waals surface area contributed by atoms with E-state index in [1.807, 2.05) is 57.4 Å². The van der Waals surface area contributed by atoms with Gasteiger partial charge in [-0.2, -0.15) is 0 Å². The van der Waals surface area contributed by atoms with Crippen LogP contribution in [0.25, 0.3) is 6.08 Å². The molecule has 0 aliphatic carbocycles. The first-order valence-corrected chi connectivity index (χ1v) is 12.7. The van der Waals surface area contributed by atoms with Crippen molar-refractivity contribution in [2.24, 2.45) is 17.3 Å². The van der Waals surface area contributed by atoms with Gasteiger partial charge in [-0.15, -0.1) is 11.3 Å². The summed E-state index contributed by atoms with van der Waals surface area (Å²) in [6.45, 7) is 12.6. The molecule has 1 aliphatic heterocycles. The molecule has 0 saturated carbocycles. The molecule has 5 atom stereocenters. The van der Waals surface area contributed by atoms with Crippen LogP contribution >= 0.6 is 11.3 Å². The van der Waals surface area contributed by atoms with Crippen LogP contribution in [0.2, 0.25) is 0 Å². The molecule has 2 N–H and O–H groups in total. The lowest BCUT2D eigenvalue weighted by molar-refractivity contribution is -0.154. The van der Waals surface area contributed by atoms with Crippen molar-refractivity contribution in [3.63, 3.8) is 0 Å². The summed E-state index contributed by atoms with van der Waals surface area (Å²) < 4.78 is 5.79. The molecule has 1 aromatic rings. The molecule has 0 spiro atoms. The number of aliphatic hydroxyl groups is 2. The van der Waals surface area contributed by atoms with E-state index in [0.29, 0.717) is 12.8 Å². The van der Waals surface area contributed by atoms with Crippen molar-refractivity contribution < 1.29 is 24.5 Å². The number of thiazole rings is 1. The second kappa shape index (κ2) is 12.0. The van der Waals surface area contributed by atoms with Crippen molar-refractivity contribution in [2.45, 2.75) is 86.0 Å². The second-order valence-electron chi connectivity index (χ2n) is 10.0. The fourth-order valence-corrected chi connectivity index (χ4v) is 4.62. The van der Waals surface area contributed by atoms with Crippen molar-refractivity contribution in [3.8, 4) is 0 Å². The zero-order valence-corrected chi connectivity index (χ0v) is 22.2. The highest BCUT2D eigenvalue weighted by Crippen LogP contribution is 2.31. The first kappa shape index (κ1) is 28.1.